The number of aliphatic hydroxyl groups is 1. The van der Waals surface area contributed by atoms with E-state index in [-0.39, 0.29) is 45.9 Å². The molecule has 10 nitrogen and oxygen atoms in total. The lowest BCUT2D eigenvalue weighted by molar-refractivity contribution is -0.128. The summed E-state index contributed by atoms with van der Waals surface area (Å²) in [5, 5.41) is 14.5. The molecule has 0 spiro atoms. The SMILES string of the molecule is O=C(Nc1nc2ccc(C3(O)c4ccccc4C(=O)N3c3cccc(Cl)c3F)cc2[nH]1)OCCN1CCCC1=O. The van der Waals surface area contributed by atoms with Gasteiger partial charge in [-0.1, -0.05) is 41.9 Å². The number of benzene rings is 3. The number of H-pyrrole nitrogens is 1. The second-order valence-electron chi connectivity index (χ2n) is 9.49. The molecule has 1 fully saturated rings. The van der Waals surface area contributed by atoms with Gasteiger partial charge in [0.15, 0.2) is 11.5 Å². The molecule has 2 aliphatic rings. The number of likely N-dealkylation sites (tertiary alicyclic amines) is 1. The lowest BCUT2D eigenvalue weighted by Crippen LogP contribution is -2.45. The highest BCUT2D eigenvalue weighted by Gasteiger charge is 2.51. The van der Waals surface area contributed by atoms with Crippen molar-refractivity contribution in [1.82, 2.24) is 14.9 Å². The maximum absolute atomic E-state index is 15.2. The van der Waals surface area contributed by atoms with E-state index in [2.05, 4.69) is 15.3 Å². The highest BCUT2D eigenvalue weighted by Crippen LogP contribution is 2.46. The first-order chi connectivity index (χ1) is 19.3. The summed E-state index contributed by atoms with van der Waals surface area (Å²) in [7, 11) is 0. The number of nitrogens with one attached hydrogen (secondary N) is 2. The van der Waals surface area contributed by atoms with Crippen LogP contribution in [-0.4, -0.2) is 57.6 Å². The number of nitrogens with zero attached hydrogens (tertiary/aromatic N) is 3. The highest BCUT2D eigenvalue weighted by molar-refractivity contribution is 6.31. The molecular weight excluding hydrogens is 541 g/mol. The number of amides is 3. The van der Waals surface area contributed by atoms with Crippen LogP contribution in [0.5, 0.6) is 0 Å². The second kappa shape index (κ2) is 9.92. The molecular formula is C28H23ClFN5O5. The zero-order chi connectivity index (χ0) is 28.0. The molecule has 0 bridgehead atoms. The van der Waals surface area contributed by atoms with E-state index in [4.69, 9.17) is 16.3 Å². The van der Waals surface area contributed by atoms with Gasteiger partial charge in [0.2, 0.25) is 11.9 Å². The molecule has 0 aliphatic carbocycles. The Morgan fingerprint density at radius 1 is 1.18 bits per heavy atom. The van der Waals surface area contributed by atoms with Crippen molar-refractivity contribution in [3.8, 4) is 0 Å². The summed E-state index contributed by atoms with van der Waals surface area (Å²) >= 11 is 6.01. The van der Waals surface area contributed by atoms with Crippen LogP contribution in [0.2, 0.25) is 5.02 Å². The third kappa shape index (κ3) is 4.23. The number of aromatic nitrogens is 2. The van der Waals surface area contributed by atoms with E-state index in [1.54, 1.807) is 47.4 Å². The quantitative estimate of drug-likeness (QED) is 0.319. The zero-order valence-corrected chi connectivity index (χ0v) is 21.7. The molecule has 2 aliphatic heterocycles. The van der Waals surface area contributed by atoms with E-state index in [0.717, 1.165) is 11.3 Å². The Bertz CT molecular complexity index is 1680. The van der Waals surface area contributed by atoms with Gasteiger partial charge in [-0.05, 0) is 36.8 Å². The van der Waals surface area contributed by atoms with E-state index in [1.807, 2.05) is 0 Å². The number of carbonyl (C=O) groups is 3. The van der Waals surface area contributed by atoms with Crippen LogP contribution in [0.1, 0.15) is 34.3 Å². The van der Waals surface area contributed by atoms with Crippen LogP contribution in [0.15, 0.2) is 60.7 Å². The van der Waals surface area contributed by atoms with Gasteiger partial charge in [0.05, 0.1) is 28.3 Å². The molecule has 0 saturated carbocycles. The smallest absolute Gasteiger partial charge is 0.414 e. The second-order valence-corrected chi connectivity index (χ2v) is 9.90. The molecule has 0 radical (unpaired) electrons. The van der Waals surface area contributed by atoms with Crippen LogP contribution in [0, 0.1) is 5.82 Å². The van der Waals surface area contributed by atoms with E-state index in [9.17, 15) is 19.5 Å². The van der Waals surface area contributed by atoms with E-state index < -0.39 is 23.5 Å². The van der Waals surface area contributed by atoms with Crippen LogP contribution in [-0.2, 0) is 15.3 Å². The van der Waals surface area contributed by atoms with Crippen LogP contribution in [0.4, 0.5) is 20.8 Å². The number of ether oxygens (including phenoxy) is 1. The molecule has 1 atom stereocenters. The summed E-state index contributed by atoms with van der Waals surface area (Å²) in [4.78, 5) is 47.4. The van der Waals surface area contributed by atoms with Crippen molar-refractivity contribution in [2.24, 2.45) is 0 Å². The molecule has 1 saturated heterocycles. The number of anilines is 2. The Kier molecular flexibility index (Phi) is 6.40. The standard InChI is InChI=1S/C28H23ClFN5O5/c29-19-7-3-8-22(24(19)30)35-25(37)17-5-1-2-6-18(17)28(35,39)16-10-11-20-21(15-16)32-26(31-20)33-27(38)40-14-13-34-12-4-9-23(34)36/h1-3,5-8,10-11,15,39H,4,9,12-14H2,(H2,31,32,33,38). The molecule has 6 rings (SSSR count). The summed E-state index contributed by atoms with van der Waals surface area (Å²) in [6.45, 7) is 1.01. The molecule has 3 aromatic carbocycles. The summed E-state index contributed by atoms with van der Waals surface area (Å²) < 4.78 is 20.3. The molecule has 1 unspecified atom stereocenters. The number of aromatic amines is 1. The number of hydrogen-bond donors (Lipinski definition) is 3. The normalized spacial score (nSPS) is 18.5. The van der Waals surface area contributed by atoms with Crippen molar-refractivity contribution in [2.45, 2.75) is 18.6 Å². The Hall–Kier alpha value is -4.48. The first-order valence-corrected chi connectivity index (χ1v) is 13.0. The predicted molar refractivity (Wildman–Crippen MR) is 145 cm³/mol. The van der Waals surface area contributed by atoms with Gasteiger partial charge < -0.3 is 19.7 Å². The Labute approximate surface area is 232 Å². The number of carbonyl (C=O) groups excluding carboxylic acids is 3. The number of hydrogen-bond acceptors (Lipinski definition) is 6. The maximum atomic E-state index is 15.2. The molecule has 12 heteroatoms. The maximum Gasteiger partial charge on any atom is 0.414 e. The minimum absolute atomic E-state index is 0.0400. The zero-order valence-electron chi connectivity index (χ0n) is 21.0. The van der Waals surface area contributed by atoms with Crippen LogP contribution >= 0.6 is 11.6 Å². The predicted octanol–water partition coefficient (Wildman–Crippen LogP) is 4.38. The first kappa shape index (κ1) is 25.8. The number of rotatable bonds is 6. The fourth-order valence-electron chi connectivity index (χ4n) is 5.20. The minimum atomic E-state index is -2.07. The van der Waals surface area contributed by atoms with Gasteiger partial charge in [-0.25, -0.2) is 14.2 Å². The average molecular weight is 564 g/mol. The Morgan fingerprint density at radius 3 is 2.80 bits per heavy atom. The van der Waals surface area contributed by atoms with Gasteiger partial charge in [0.1, 0.15) is 6.61 Å². The van der Waals surface area contributed by atoms with Gasteiger partial charge in [-0.15, -0.1) is 0 Å². The van der Waals surface area contributed by atoms with Gasteiger partial charge in [-0.2, -0.15) is 0 Å². The van der Waals surface area contributed by atoms with Crippen molar-refractivity contribution >= 4 is 52.2 Å². The Balaban J connectivity index is 1.29. The van der Waals surface area contributed by atoms with E-state index >= 15 is 4.39 Å². The first-order valence-electron chi connectivity index (χ1n) is 12.6. The Morgan fingerprint density at radius 2 is 2.00 bits per heavy atom. The summed E-state index contributed by atoms with van der Waals surface area (Å²) in [6.07, 6.45) is 0.558. The summed E-state index contributed by atoms with van der Waals surface area (Å²) in [6, 6.07) is 15.5. The molecule has 1 aromatic heterocycles. The summed E-state index contributed by atoms with van der Waals surface area (Å²) in [5.74, 6) is -1.29. The minimum Gasteiger partial charge on any atom is -0.447 e. The topological polar surface area (TPSA) is 128 Å². The fraction of sp³-hybridized carbons (Fsp3) is 0.214. The summed E-state index contributed by atoms with van der Waals surface area (Å²) in [5.41, 5.74) is -0.604. The van der Waals surface area contributed by atoms with Gasteiger partial charge in [0.25, 0.3) is 5.91 Å². The van der Waals surface area contributed by atoms with Crippen molar-refractivity contribution in [2.75, 3.05) is 29.9 Å². The highest BCUT2D eigenvalue weighted by atomic mass is 35.5. The number of halogens is 2. The van der Waals surface area contributed by atoms with Gasteiger partial charge >= 0.3 is 6.09 Å². The number of imidazole rings is 1. The van der Waals surface area contributed by atoms with Crippen molar-refractivity contribution in [1.29, 1.82) is 0 Å². The number of fused-ring (bicyclic) bond motifs is 2. The van der Waals surface area contributed by atoms with Crippen LogP contribution in [0.3, 0.4) is 0 Å². The fourth-order valence-corrected chi connectivity index (χ4v) is 5.37. The van der Waals surface area contributed by atoms with E-state index in [1.165, 1.54) is 18.2 Å². The monoisotopic (exact) mass is 563 g/mol. The third-order valence-corrected chi connectivity index (χ3v) is 7.39. The van der Waals surface area contributed by atoms with Gasteiger partial charge in [-0.3, -0.25) is 19.8 Å². The largest absolute Gasteiger partial charge is 0.447 e. The average Bonchev–Trinajstić information content (AvgIpc) is 3.60. The molecule has 3 heterocycles. The van der Waals surface area contributed by atoms with Crippen molar-refractivity contribution in [3.63, 3.8) is 0 Å². The van der Waals surface area contributed by atoms with Crippen LogP contribution in [0.25, 0.3) is 11.0 Å². The molecule has 4 aromatic rings. The van der Waals surface area contributed by atoms with Crippen molar-refractivity contribution < 1.29 is 28.6 Å². The van der Waals surface area contributed by atoms with E-state index in [0.29, 0.717) is 30.5 Å². The molecule has 204 valence electrons. The lowest BCUT2D eigenvalue weighted by Gasteiger charge is -2.35. The third-order valence-electron chi connectivity index (χ3n) is 7.10. The molecule has 3 N–H and O–H groups in total. The molecule has 3 amide bonds. The van der Waals surface area contributed by atoms with Crippen molar-refractivity contribution in [3.05, 3.63) is 88.2 Å². The molecule has 40 heavy (non-hydrogen) atoms. The lowest BCUT2D eigenvalue weighted by atomic mass is 9.93. The van der Waals surface area contributed by atoms with Crippen LogP contribution < -0.4 is 10.2 Å². The van der Waals surface area contributed by atoms with Gasteiger partial charge in [0, 0.05) is 29.7 Å².